The van der Waals surface area contributed by atoms with Gasteiger partial charge in [-0.05, 0) is 24.8 Å². The largest absolute Gasteiger partial charge is 0.478 e. The number of carboxylic acid groups (broad SMARTS) is 1. The van der Waals surface area contributed by atoms with Crippen LogP contribution in [0, 0.1) is 0 Å². The lowest BCUT2D eigenvalue weighted by Crippen LogP contribution is -2.28. The molecule has 18 heavy (non-hydrogen) atoms. The van der Waals surface area contributed by atoms with E-state index in [1.54, 1.807) is 11.8 Å². The molecule has 0 aliphatic rings. The van der Waals surface area contributed by atoms with Crippen molar-refractivity contribution in [1.29, 1.82) is 0 Å². The van der Waals surface area contributed by atoms with E-state index in [9.17, 15) is 9.59 Å². The van der Waals surface area contributed by atoms with Crippen molar-refractivity contribution in [2.24, 2.45) is 0 Å². The maximum absolute atomic E-state index is 11.8. The highest BCUT2D eigenvalue weighted by atomic mass is 32.2. The summed E-state index contributed by atoms with van der Waals surface area (Å²) in [7, 11) is 0. The quantitative estimate of drug-likeness (QED) is 0.820. The fraction of sp³-hybridized carbons (Fsp3) is 0.417. The Hall–Kier alpha value is -1.56. The van der Waals surface area contributed by atoms with Crippen molar-refractivity contribution in [3.05, 3.63) is 29.6 Å². The van der Waals surface area contributed by atoms with E-state index in [1.807, 2.05) is 6.26 Å². The van der Waals surface area contributed by atoms with Gasteiger partial charge in [-0.25, -0.2) is 4.79 Å². The molecule has 0 aromatic carbocycles. The van der Waals surface area contributed by atoms with E-state index in [0.29, 0.717) is 11.8 Å². The van der Waals surface area contributed by atoms with Crippen molar-refractivity contribution >= 4 is 23.6 Å². The average Bonchev–Trinajstić information content (AvgIpc) is 2.38. The van der Waals surface area contributed by atoms with E-state index >= 15 is 0 Å². The Labute approximate surface area is 110 Å². The molecule has 6 heteroatoms. The Balaban J connectivity index is 2.64. The van der Waals surface area contributed by atoms with E-state index in [4.69, 9.17) is 5.11 Å². The Bertz CT molecular complexity index is 437. The van der Waals surface area contributed by atoms with Crippen molar-refractivity contribution in [3.8, 4) is 0 Å². The maximum Gasteiger partial charge on any atom is 0.338 e. The number of rotatable bonds is 6. The van der Waals surface area contributed by atoms with Gasteiger partial charge >= 0.3 is 5.97 Å². The van der Waals surface area contributed by atoms with Crippen LogP contribution in [0.25, 0.3) is 0 Å². The highest BCUT2D eigenvalue weighted by molar-refractivity contribution is 7.99. The molecule has 1 unspecified atom stereocenters. The summed E-state index contributed by atoms with van der Waals surface area (Å²) in [5.74, 6) is -1.59. The van der Waals surface area contributed by atoms with E-state index < -0.39 is 11.9 Å². The number of aromatic nitrogens is 1. The topological polar surface area (TPSA) is 79.3 Å². The summed E-state index contributed by atoms with van der Waals surface area (Å²) in [5.41, 5.74) is -0.116. The molecule has 2 N–H and O–H groups in total. The molecule has 0 spiro atoms. The number of aromatic carboxylic acids is 1. The van der Waals surface area contributed by atoms with Gasteiger partial charge in [-0.1, -0.05) is 6.92 Å². The monoisotopic (exact) mass is 268 g/mol. The summed E-state index contributed by atoms with van der Waals surface area (Å²) in [6, 6.07) is 2.87. The normalized spacial score (nSPS) is 11.9. The van der Waals surface area contributed by atoms with Crippen LogP contribution in [0.1, 0.15) is 34.2 Å². The zero-order valence-electron chi connectivity index (χ0n) is 10.3. The van der Waals surface area contributed by atoms with Crippen LogP contribution in [0.15, 0.2) is 18.3 Å². The number of thioether (sulfide) groups is 1. The van der Waals surface area contributed by atoms with Crippen LogP contribution in [0.2, 0.25) is 0 Å². The lowest BCUT2D eigenvalue weighted by Gasteiger charge is -2.09. The summed E-state index contributed by atoms with van der Waals surface area (Å²) >= 11 is 1.72. The highest BCUT2D eigenvalue weighted by Gasteiger charge is 2.17. The standard InChI is InChI=1S/C12H16N2O3S/c1-8(18-2)5-7-14-11(15)10-9(12(16)17)4-3-6-13-10/h3-4,6,8H,5,7H2,1-2H3,(H,14,15)(H,16,17). The van der Waals surface area contributed by atoms with E-state index in [2.05, 4.69) is 17.2 Å². The minimum absolute atomic E-state index is 0.0400. The van der Waals surface area contributed by atoms with Crippen molar-refractivity contribution in [3.63, 3.8) is 0 Å². The predicted octanol–water partition coefficient (Wildman–Crippen LogP) is 1.65. The van der Waals surface area contributed by atoms with Crippen LogP contribution in [0.3, 0.4) is 0 Å². The zero-order chi connectivity index (χ0) is 13.5. The van der Waals surface area contributed by atoms with E-state index in [1.165, 1.54) is 18.3 Å². The fourth-order valence-electron chi connectivity index (χ4n) is 1.35. The molecule has 98 valence electrons. The third-order valence-corrected chi connectivity index (χ3v) is 3.53. The van der Waals surface area contributed by atoms with E-state index in [0.717, 1.165) is 6.42 Å². The first-order valence-corrected chi connectivity index (χ1v) is 6.84. The van der Waals surface area contributed by atoms with Gasteiger partial charge in [-0.2, -0.15) is 11.8 Å². The third-order valence-electron chi connectivity index (χ3n) is 2.49. The van der Waals surface area contributed by atoms with Crippen LogP contribution in [0.5, 0.6) is 0 Å². The summed E-state index contributed by atoms with van der Waals surface area (Å²) in [6.07, 6.45) is 4.25. The average molecular weight is 268 g/mol. The minimum atomic E-state index is -1.15. The zero-order valence-corrected chi connectivity index (χ0v) is 11.2. The molecule has 1 heterocycles. The molecule has 0 fully saturated rings. The van der Waals surface area contributed by atoms with Crippen LogP contribution in [-0.2, 0) is 0 Å². The molecule has 0 saturated heterocycles. The molecule has 1 amide bonds. The number of hydrogen-bond acceptors (Lipinski definition) is 4. The van der Waals surface area contributed by atoms with Gasteiger partial charge < -0.3 is 10.4 Å². The van der Waals surface area contributed by atoms with Crippen molar-refractivity contribution in [2.45, 2.75) is 18.6 Å². The lowest BCUT2D eigenvalue weighted by atomic mass is 10.2. The van der Waals surface area contributed by atoms with Crippen molar-refractivity contribution < 1.29 is 14.7 Å². The summed E-state index contributed by atoms with van der Waals surface area (Å²) in [6.45, 7) is 2.58. The Morgan fingerprint density at radius 3 is 2.89 bits per heavy atom. The van der Waals surface area contributed by atoms with Crippen molar-refractivity contribution in [2.75, 3.05) is 12.8 Å². The Morgan fingerprint density at radius 2 is 2.28 bits per heavy atom. The van der Waals surface area contributed by atoms with Gasteiger partial charge in [0.2, 0.25) is 0 Å². The van der Waals surface area contributed by atoms with Gasteiger partial charge in [0, 0.05) is 18.0 Å². The predicted molar refractivity (Wildman–Crippen MR) is 71.1 cm³/mol. The molecule has 1 aromatic heterocycles. The van der Waals surface area contributed by atoms with Gasteiger partial charge in [0.1, 0.15) is 5.69 Å². The molecule has 0 saturated carbocycles. The number of carbonyl (C=O) groups is 2. The molecule has 1 aromatic rings. The molecule has 0 aliphatic carbocycles. The summed E-state index contributed by atoms with van der Waals surface area (Å²) in [5, 5.41) is 12.1. The second-order valence-corrected chi connectivity index (χ2v) is 5.07. The van der Waals surface area contributed by atoms with E-state index in [-0.39, 0.29) is 11.3 Å². The Kier molecular flexibility index (Phi) is 5.64. The number of carbonyl (C=O) groups excluding carboxylic acids is 1. The number of nitrogens with one attached hydrogen (secondary N) is 1. The molecule has 0 aliphatic heterocycles. The molecule has 0 radical (unpaired) electrons. The van der Waals surface area contributed by atoms with Crippen LogP contribution in [0.4, 0.5) is 0 Å². The molecular formula is C12H16N2O3S. The van der Waals surface area contributed by atoms with Crippen LogP contribution < -0.4 is 5.32 Å². The first-order valence-electron chi connectivity index (χ1n) is 5.55. The second-order valence-electron chi connectivity index (χ2n) is 3.80. The number of carboxylic acids is 1. The van der Waals surface area contributed by atoms with Gasteiger partial charge in [-0.15, -0.1) is 0 Å². The van der Waals surface area contributed by atoms with Gasteiger partial charge in [0.05, 0.1) is 5.56 Å². The van der Waals surface area contributed by atoms with Crippen LogP contribution in [-0.4, -0.2) is 40.0 Å². The van der Waals surface area contributed by atoms with Gasteiger partial charge in [0.25, 0.3) is 5.91 Å². The summed E-state index contributed by atoms with van der Waals surface area (Å²) in [4.78, 5) is 26.5. The second kappa shape index (κ2) is 7.00. The first-order chi connectivity index (χ1) is 8.56. The minimum Gasteiger partial charge on any atom is -0.478 e. The highest BCUT2D eigenvalue weighted by Crippen LogP contribution is 2.09. The number of hydrogen-bond donors (Lipinski definition) is 2. The fourth-order valence-corrected chi connectivity index (χ4v) is 1.70. The lowest BCUT2D eigenvalue weighted by molar-refractivity contribution is 0.0690. The smallest absolute Gasteiger partial charge is 0.338 e. The van der Waals surface area contributed by atoms with Gasteiger partial charge in [-0.3, -0.25) is 9.78 Å². The SMILES string of the molecule is CSC(C)CCNC(=O)c1ncccc1C(=O)O. The van der Waals surface area contributed by atoms with Crippen LogP contribution >= 0.6 is 11.8 Å². The number of amides is 1. The summed E-state index contributed by atoms with van der Waals surface area (Å²) < 4.78 is 0. The first kappa shape index (κ1) is 14.5. The number of pyridine rings is 1. The van der Waals surface area contributed by atoms with Crippen molar-refractivity contribution in [1.82, 2.24) is 10.3 Å². The molecular weight excluding hydrogens is 252 g/mol. The van der Waals surface area contributed by atoms with Gasteiger partial charge in [0.15, 0.2) is 0 Å². The number of nitrogens with zero attached hydrogens (tertiary/aromatic N) is 1. The molecule has 5 nitrogen and oxygen atoms in total. The Morgan fingerprint density at radius 1 is 1.56 bits per heavy atom. The molecule has 1 atom stereocenters. The third kappa shape index (κ3) is 4.03. The maximum atomic E-state index is 11.8. The molecule has 0 bridgehead atoms. The molecule has 1 rings (SSSR count).